The van der Waals surface area contributed by atoms with Gasteiger partial charge in [0.25, 0.3) is 0 Å². The molecule has 1 aromatic rings. The Morgan fingerprint density at radius 3 is 2.50 bits per heavy atom. The summed E-state index contributed by atoms with van der Waals surface area (Å²) in [4.78, 5) is 4.61. The van der Waals surface area contributed by atoms with E-state index < -0.39 is 0 Å². The van der Waals surface area contributed by atoms with E-state index in [1.165, 1.54) is 11.3 Å². The number of alkyl halides is 1. The van der Waals surface area contributed by atoms with E-state index in [-0.39, 0.29) is 0 Å². The molecule has 0 aliphatic carbocycles. The second-order valence-corrected chi connectivity index (χ2v) is 5.58. The van der Waals surface area contributed by atoms with Crippen molar-refractivity contribution in [3.8, 4) is 0 Å². The summed E-state index contributed by atoms with van der Waals surface area (Å²) in [5, 5.41) is 1.64. The lowest BCUT2D eigenvalue weighted by Gasteiger charge is -2.26. The van der Waals surface area contributed by atoms with Crippen LogP contribution in [0.5, 0.6) is 0 Å². The summed E-state index contributed by atoms with van der Waals surface area (Å²) < 4.78 is 0. The van der Waals surface area contributed by atoms with Crippen LogP contribution in [0, 0.1) is 0 Å². The molecule has 0 radical (unpaired) electrons. The van der Waals surface area contributed by atoms with Crippen LogP contribution < -0.4 is 4.90 Å². The lowest BCUT2D eigenvalue weighted by molar-refractivity contribution is 0.400. The van der Waals surface area contributed by atoms with Crippen molar-refractivity contribution in [3.63, 3.8) is 0 Å². The van der Waals surface area contributed by atoms with Gasteiger partial charge >= 0.3 is 0 Å². The minimum Gasteiger partial charge on any atom is -0.371 e. The third-order valence-electron chi connectivity index (χ3n) is 2.98. The number of anilines is 1. The van der Waals surface area contributed by atoms with E-state index in [2.05, 4.69) is 52.8 Å². The van der Waals surface area contributed by atoms with E-state index in [1.54, 1.807) is 0 Å². The molecule has 0 N–H and O–H groups in total. The van der Waals surface area contributed by atoms with Gasteiger partial charge in [-0.1, -0.05) is 33.6 Å². The smallest absolute Gasteiger partial charge is 0.0467 e. The number of hydrogen-bond acceptors (Lipinski definition) is 2. The first kappa shape index (κ1) is 15.8. The molecule has 0 fully saturated rings. The summed E-state index contributed by atoms with van der Waals surface area (Å²) in [7, 11) is 4.22. The third kappa shape index (κ3) is 4.45. The molecule has 0 amide bonds. The van der Waals surface area contributed by atoms with Crippen molar-refractivity contribution in [1.29, 1.82) is 0 Å². The van der Waals surface area contributed by atoms with Gasteiger partial charge in [0.1, 0.15) is 0 Å². The zero-order valence-corrected chi connectivity index (χ0v) is 13.8. The second-order valence-electron chi connectivity index (χ2n) is 4.61. The Morgan fingerprint density at radius 1 is 1.22 bits per heavy atom. The molecule has 2 nitrogen and oxygen atoms in total. The van der Waals surface area contributed by atoms with Crippen LogP contribution >= 0.6 is 27.5 Å². The molecule has 0 saturated heterocycles. The van der Waals surface area contributed by atoms with Gasteiger partial charge in [-0.3, -0.25) is 0 Å². The topological polar surface area (TPSA) is 6.48 Å². The molecule has 0 spiro atoms. The monoisotopic (exact) mass is 332 g/mol. The molecule has 0 unspecified atom stereocenters. The fourth-order valence-corrected chi connectivity index (χ4v) is 2.99. The van der Waals surface area contributed by atoms with Crippen molar-refractivity contribution in [2.75, 3.05) is 38.6 Å². The molecule has 0 aliphatic rings. The molecule has 0 aliphatic heterocycles. The summed E-state index contributed by atoms with van der Waals surface area (Å²) >= 11 is 9.78. The fourth-order valence-electron chi connectivity index (χ4n) is 2.00. The molecule has 4 heteroatoms. The summed E-state index contributed by atoms with van der Waals surface area (Å²) in [5.41, 5.74) is 2.44. The summed E-state index contributed by atoms with van der Waals surface area (Å²) in [6, 6.07) is 6.13. The Kier molecular flexibility index (Phi) is 7.05. The maximum absolute atomic E-state index is 6.25. The number of halogens is 2. The van der Waals surface area contributed by atoms with Gasteiger partial charge in [0.05, 0.1) is 0 Å². The molecule has 0 saturated carbocycles. The normalized spacial score (nSPS) is 11.0. The minimum absolute atomic E-state index is 0.798. The van der Waals surface area contributed by atoms with Crippen molar-refractivity contribution in [2.24, 2.45) is 0 Å². The van der Waals surface area contributed by atoms with E-state index in [1.807, 2.05) is 12.1 Å². The fraction of sp³-hybridized carbons (Fsp3) is 0.571. The lowest BCUT2D eigenvalue weighted by atomic mass is 10.1. The Hall–Kier alpha value is -0.250. The third-order valence-corrected chi connectivity index (χ3v) is 3.90. The Bertz CT molecular complexity index is 369. The van der Waals surface area contributed by atoms with Crippen LogP contribution in [0.15, 0.2) is 18.2 Å². The van der Waals surface area contributed by atoms with Gasteiger partial charge < -0.3 is 9.80 Å². The predicted molar refractivity (Wildman–Crippen MR) is 85.1 cm³/mol. The highest BCUT2D eigenvalue weighted by molar-refractivity contribution is 9.08. The van der Waals surface area contributed by atoms with Gasteiger partial charge in [-0.25, -0.2) is 0 Å². The van der Waals surface area contributed by atoms with Gasteiger partial charge in [0, 0.05) is 34.7 Å². The Balaban J connectivity index is 2.78. The molecule has 0 atom stereocenters. The van der Waals surface area contributed by atoms with E-state index in [9.17, 15) is 0 Å². The van der Waals surface area contributed by atoms with Crippen LogP contribution in [-0.4, -0.2) is 38.6 Å². The molecule has 1 aromatic carbocycles. The summed E-state index contributed by atoms with van der Waals surface area (Å²) in [6.07, 6.45) is 1.16. The van der Waals surface area contributed by atoms with Crippen molar-refractivity contribution in [1.82, 2.24) is 4.90 Å². The van der Waals surface area contributed by atoms with Crippen molar-refractivity contribution in [2.45, 2.75) is 18.7 Å². The average Bonchev–Trinajstić information content (AvgIpc) is 2.34. The highest BCUT2D eigenvalue weighted by atomic mass is 79.9. The molecule has 0 aromatic heterocycles. The first-order chi connectivity index (χ1) is 8.60. The SMILES string of the molecule is CCN(CCCN(C)C)c1cccc(Cl)c1CBr. The number of hydrogen-bond donors (Lipinski definition) is 0. The van der Waals surface area contributed by atoms with Crippen LogP contribution in [0.1, 0.15) is 18.9 Å². The van der Waals surface area contributed by atoms with Crippen molar-refractivity contribution in [3.05, 3.63) is 28.8 Å². The van der Waals surface area contributed by atoms with Gasteiger partial charge in [-0.05, 0) is 46.1 Å². The lowest BCUT2D eigenvalue weighted by Crippen LogP contribution is -2.27. The molecular formula is C14H22BrClN2. The molecule has 18 heavy (non-hydrogen) atoms. The largest absolute Gasteiger partial charge is 0.371 e. The zero-order valence-electron chi connectivity index (χ0n) is 11.4. The first-order valence-electron chi connectivity index (χ1n) is 6.33. The van der Waals surface area contributed by atoms with Crippen molar-refractivity contribution < 1.29 is 0 Å². The van der Waals surface area contributed by atoms with E-state index in [0.29, 0.717) is 0 Å². The van der Waals surface area contributed by atoms with Gasteiger partial charge in [0.15, 0.2) is 0 Å². The van der Waals surface area contributed by atoms with Gasteiger partial charge in [-0.15, -0.1) is 0 Å². The minimum atomic E-state index is 0.798. The Morgan fingerprint density at radius 2 is 1.94 bits per heavy atom. The van der Waals surface area contributed by atoms with E-state index in [4.69, 9.17) is 11.6 Å². The number of rotatable bonds is 7. The maximum atomic E-state index is 6.25. The predicted octanol–water partition coefficient (Wildman–Crippen LogP) is 4.01. The molecule has 0 bridgehead atoms. The van der Waals surface area contributed by atoms with Crippen molar-refractivity contribution >= 4 is 33.2 Å². The summed E-state index contributed by atoms with van der Waals surface area (Å²) in [5.74, 6) is 0. The molecule has 102 valence electrons. The molecular weight excluding hydrogens is 312 g/mol. The average molecular weight is 334 g/mol. The second kappa shape index (κ2) is 8.03. The van der Waals surface area contributed by atoms with Crippen LogP contribution in [-0.2, 0) is 5.33 Å². The van der Waals surface area contributed by atoms with Crippen LogP contribution in [0.3, 0.4) is 0 Å². The standard InChI is InChI=1S/C14H22BrClN2/c1-4-18(10-6-9-17(2)3)14-8-5-7-13(16)12(14)11-15/h5,7-8H,4,6,9-11H2,1-3H3. The van der Waals surface area contributed by atoms with Gasteiger partial charge in [-0.2, -0.15) is 0 Å². The summed E-state index contributed by atoms with van der Waals surface area (Å²) in [6.45, 7) is 5.37. The van der Waals surface area contributed by atoms with Crippen LogP contribution in [0.2, 0.25) is 5.02 Å². The highest BCUT2D eigenvalue weighted by Crippen LogP contribution is 2.29. The molecule has 0 heterocycles. The quantitative estimate of drug-likeness (QED) is 0.696. The van der Waals surface area contributed by atoms with Crippen LogP contribution in [0.25, 0.3) is 0 Å². The zero-order chi connectivity index (χ0) is 13.5. The molecule has 1 rings (SSSR count). The number of nitrogens with zero attached hydrogens (tertiary/aromatic N) is 2. The van der Waals surface area contributed by atoms with Crippen LogP contribution in [0.4, 0.5) is 5.69 Å². The highest BCUT2D eigenvalue weighted by Gasteiger charge is 2.11. The Labute approximate surface area is 124 Å². The first-order valence-corrected chi connectivity index (χ1v) is 7.83. The maximum Gasteiger partial charge on any atom is 0.0467 e. The van der Waals surface area contributed by atoms with Gasteiger partial charge in [0.2, 0.25) is 0 Å². The number of benzene rings is 1. The van der Waals surface area contributed by atoms with E-state index in [0.717, 1.165) is 36.4 Å². The van der Waals surface area contributed by atoms with E-state index >= 15 is 0 Å².